The molecule has 0 spiro atoms. The van der Waals surface area contributed by atoms with Crippen molar-refractivity contribution in [1.29, 1.82) is 0 Å². The van der Waals surface area contributed by atoms with Gasteiger partial charge in [0.2, 0.25) is 0 Å². The molecule has 0 aliphatic rings. The molecule has 0 saturated carbocycles. The van der Waals surface area contributed by atoms with E-state index in [1.807, 2.05) is 41.1 Å². The van der Waals surface area contributed by atoms with Crippen molar-refractivity contribution in [3.63, 3.8) is 0 Å². The van der Waals surface area contributed by atoms with Gasteiger partial charge in [-0.2, -0.15) is 0 Å². The summed E-state index contributed by atoms with van der Waals surface area (Å²) in [7, 11) is 0. The van der Waals surface area contributed by atoms with Crippen molar-refractivity contribution in [2.75, 3.05) is 0 Å². The highest BCUT2D eigenvalue weighted by atomic mass is 35.5. The van der Waals surface area contributed by atoms with E-state index in [0.29, 0.717) is 11.5 Å². The third kappa shape index (κ3) is 2.64. The third-order valence-electron chi connectivity index (χ3n) is 3.43. The molecular formula is C16H12ClFN2S. The largest absolute Gasteiger partial charge is 0.389 e. The van der Waals surface area contributed by atoms with Gasteiger partial charge in [0.25, 0.3) is 0 Å². The number of rotatable bonds is 3. The molecule has 0 atom stereocenters. The fourth-order valence-corrected chi connectivity index (χ4v) is 2.66. The van der Waals surface area contributed by atoms with Gasteiger partial charge in [0.15, 0.2) is 0 Å². The van der Waals surface area contributed by atoms with Gasteiger partial charge in [0.1, 0.15) is 10.8 Å². The zero-order chi connectivity index (χ0) is 15.0. The fraction of sp³-hybridized carbons (Fsp3) is 0.0625. The normalized spacial score (nSPS) is 11.0. The molecule has 0 saturated heterocycles. The Morgan fingerprint density at radius 2 is 2.05 bits per heavy atom. The van der Waals surface area contributed by atoms with Gasteiger partial charge in [-0.15, -0.1) is 0 Å². The molecule has 0 amide bonds. The number of halogens is 2. The first kappa shape index (κ1) is 14.0. The lowest BCUT2D eigenvalue weighted by Crippen LogP contribution is -2.08. The molecule has 1 heterocycles. The molecule has 2 nitrogen and oxygen atoms in total. The van der Waals surface area contributed by atoms with Crippen LogP contribution in [0.4, 0.5) is 4.39 Å². The molecule has 0 radical (unpaired) electrons. The van der Waals surface area contributed by atoms with Gasteiger partial charge >= 0.3 is 0 Å². The van der Waals surface area contributed by atoms with Crippen LogP contribution in [0.25, 0.3) is 10.9 Å². The highest BCUT2D eigenvalue weighted by molar-refractivity contribution is 7.80. The van der Waals surface area contributed by atoms with Crippen LogP contribution in [-0.4, -0.2) is 9.56 Å². The van der Waals surface area contributed by atoms with Crippen molar-refractivity contribution in [3.8, 4) is 0 Å². The topological polar surface area (TPSA) is 30.9 Å². The van der Waals surface area contributed by atoms with Gasteiger partial charge in [0.05, 0.1) is 5.02 Å². The van der Waals surface area contributed by atoms with Crippen molar-refractivity contribution >= 4 is 39.7 Å². The average molecular weight is 319 g/mol. The predicted molar refractivity (Wildman–Crippen MR) is 88.3 cm³/mol. The summed E-state index contributed by atoms with van der Waals surface area (Å²) in [5, 5.41) is 1.20. The van der Waals surface area contributed by atoms with Crippen LogP contribution in [0.3, 0.4) is 0 Å². The van der Waals surface area contributed by atoms with Gasteiger partial charge in [-0.1, -0.05) is 36.0 Å². The SMILES string of the molecule is NC(=S)c1ccc2c(ccn2Cc2cccc(F)c2Cl)c1. The number of thiocarbonyl (C=S) groups is 1. The van der Waals surface area contributed by atoms with Crippen LogP contribution in [0.15, 0.2) is 48.7 Å². The van der Waals surface area contributed by atoms with Gasteiger partial charge in [-0.25, -0.2) is 4.39 Å². The molecule has 3 rings (SSSR count). The number of nitrogens with two attached hydrogens (primary N) is 1. The van der Waals surface area contributed by atoms with Crippen molar-refractivity contribution in [2.24, 2.45) is 5.73 Å². The Bertz CT molecular complexity index is 841. The van der Waals surface area contributed by atoms with E-state index in [4.69, 9.17) is 29.6 Å². The van der Waals surface area contributed by atoms with Gasteiger partial charge in [0, 0.05) is 29.2 Å². The highest BCUT2D eigenvalue weighted by Gasteiger charge is 2.08. The summed E-state index contributed by atoms with van der Waals surface area (Å²) in [6.45, 7) is 0.506. The molecule has 0 fully saturated rings. The van der Waals surface area contributed by atoms with E-state index < -0.39 is 5.82 Å². The summed E-state index contributed by atoms with van der Waals surface area (Å²) >= 11 is 11.0. The lowest BCUT2D eigenvalue weighted by molar-refractivity contribution is 0.624. The smallest absolute Gasteiger partial charge is 0.142 e. The van der Waals surface area contributed by atoms with E-state index in [9.17, 15) is 4.39 Å². The van der Waals surface area contributed by atoms with Crippen LogP contribution in [0.2, 0.25) is 5.02 Å². The van der Waals surface area contributed by atoms with Crippen molar-refractivity contribution in [3.05, 3.63) is 70.6 Å². The number of aromatic nitrogens is 1. The molecule has 3 aromatic rings. The summed E-state index contributed by atoms with van der Waals surface area (Å²) in [4.78, 5) is 0.373. The van der Waals surface area contributed by atoms with Crippen LogP contribution in [0.5, 0.6) is 0 Å². The molecule has 0 aliphatic carbocycles. The lowest BCUT2D eigenvalue weighted by atomic mass is 10.1. The van der Waals surface area contributed by atoms with Gasteiger partial charge in [-0.3, -0.25) is 0 Å². The summed E-state index contributed by atoms with van der Waals surface area (Å²) in [6.07, 6.45) is 1.94. The Balaban J connectivity index is 2.02. The zero-order valence-corrected chi connectivity index (χ0v) is 12.6. The van der Waals surface area contributed by atoms with E-state index in [2.05, 4.69) is 0 Å². The summed E-state index contributed by atoms with van der Waals surface area (Å²) in [6, 6.07) is 12.6. The van der Waals surface area contributed by atoms with Gasteiger partial charge < -0.3 is 10.3 Å². The van der Waals surface area contributed by atoms with E-state index in [0.717, 1.165) is 22.0 Å². The standard InChI is InChI=1S/C16H12ClFN2S/c17-15-12(2-1-3-13(15)18)9-20-7-6-10-8-11(16(19)21)4-5-14(10)20/h1-8H,9H2,(H2,19,21). The molecule has 1 aromatic heterocycles. The van der Waals surface area contributed by atoms with Crippen LogP contribution >= 0.6 is 23.8 Å². The van der Waals surface area contributed by atoms with E-state index in [1.54, 1.807) is 6.07 Å². The summed E-state index contributed by atoms with van der Waals surface area (Å²) in [5.41, 5.74) is 8.24. The Hall–Kier alpha value is -1.91. The Morgan fingerprint density at radius 1 is 1.24 bits per heavy atom. The van der Waals surface area contributed by atoms with E-state index in [1.165, 1.54) is 6.07 Å². The first-order valence-corrected chi connectivity index (χ1v) is 7.16. The van der Waals surface area contributed by atoms with Gasteiger partial charge in [-0.05, 0) is 35.9 Å². The quantitative estimate of drug-likeness (QED) is 0.737. The second kappa shape index (κ2) is 5.47. The molecule has 2 N–H and O–H groups in total. The van der Waals surface area contributed by atoms with E-state index >= 15 is 0 Å². The number of hydrogen-bond acceptors (Lipinski definition) is 1. The van der Waals surface area contributed by atoms with Crippen molar-refractivity contribution < 1.29 is 4.39 Å². The minimum absolute atomic E-state index is 0.166. The molecule has 0 bridgehead atoms. The van der Waals surface area contributed by atoms with E-state index in [-0.39, 0.29) is 5.02 Å². The summed E-state index contributed by atoms with van der Waals surface area (Å²) < 4.78 is 15.5. The van der Waals surface area contributed by atoms with Crippen molar-refractivity contribution in [2.45, 2.75) is 6.54 Å². The average Bonchev–Trinajstić information content (AvgIpc) is 2.86. The number of benzene rings is 2. The lowest BCUT2D eigenvalue weighted by Gasteiger charge is -2.08. The van der Waals surface area contributed by atoms with Crippen LogP contribution in [-0.2, 0) is 6.54 Å². The molecule has 5 heteroatoms. The summed E-state index contributed by atoms with van der Waals surface area (Å²) in [5.74, 6) is -0.401. The molecule has 2 aromatic carbocycles. The maximum absolute atomic E-state index is 13.5. The van der Waals surface area contributed by atoms with Crippen molar-refractivity contribution in [1.82, 2.24) is 4.57 Å². The monoisotopic (exact) mass is 318 g/mol. The fourth-order valence-electron chi connectivity index (χ4n) is 2.35. The molecule has 106 valence electrons. The Kier molecular flexibility index (Phi) is 3.66. The van der Waals surface area contributed by atoms with Crippen LogP contribution in [0.1, 0.15) is 11.1 Å². The predicted octanol–water partition coefficient (Wildman–Crippen LogP) is 4.12. The number of fused-ring (bicyclic) bond motifs is 1. The zero-order valence-electron chi connectivity index (χ0n) is 11.0. The minimum Gasteiger partial charge on any atom is -0.389 e. The second-order valence-corrected chi connectivity index (χ2v) is 5.61. The Labute approximate surface area is 131 Å². The minimum atomic E-state index is -0.401. The first-order valence-electron chi connectivity index (χ1n) is 6.38. The first-order chi connectivity index (χ1) is 10.1. The molecule has 0 unspecified atom stereocenters. The van der Waals surface area contributed by atoms with Crippen LogP contribution < -0.4 is 5.73 Å². The molecule has 21 heavy (non-hydrogen) atoms. The number of hydrogen-bond donors (Lipinski definition) is 1. The number of nitrogens with zero attached hydrogens (tertiary/aromatic N) is 1. The molecular weight excluding hydrogens is 307 g/mol. The van der Waals surface area contributed by atoms with Crippen LogP contribution in [0, 0.1) is 5.82 Å². The maximum Gasteiger partial charge on any atom is 0.142 e. The third-order valence-corrected chi connectivity index (χ3v) is 4.09. The highest BCUT2D eigenvalue weighted by Crippen LogP contribution is 2.24. The maximum atomic E-state index is 13.5. The Morgan fingerprint density at radius 3 is 2.81 bits per heavy atom. The molecule has 0 aliphatic heterocycles. The second-order valence-electron chi connectivity index (χ2n) is 4.79.